The summed E-state index contributed by atoms with van der Waals surface area (Å²) in [5.41, 5.74) is 0. The minimum atomic E-state index is 1.04. The van der Waals surface area contributed by atoms with E-state index < -0.39 is 0 Å². The van der Waals surface area contributed by atoms with Crippen LogP contribution in [0.5, 0.6) is 0 Å². The predicted octanol–water partition coefficient (Wildman–Crippen LogP) is 2.81. The third-order valence-electron chi connectivity index (χ3n) is 3.16. The van der Waals surface area contributed by atoms with Gasteiger partial charge in [-0.25, -0.2) is 0 Å². The Morgan fingerprint density at radius 2 is 0.812 bits per heavy atom. The van der Waals surface area contributed by atoms with Crippen molar-refractivity contribution in [1.82, 2.24) is 0 Å². The van der Waals surface area contributed by atoms with Crippen molar-refractivity contribution < 1.29 is 0 Å². The van der Waals surface area contributed by atoms with Crippen LogP contribution in [0.3, 0.4) is 0 Å². The third kappa shape index (κ3) is 1.10. The lowest BCUT2D eigenvalue weighted by atomic mass is 9.99. The van der Waals surface area contributed by atoms with E-state index >= 15 is 0 Å². The minimum absolute atomic E-state index is 1.04. The van der Waals surface area contributed by atoms with E-state index in [4.69, 9.17) is 0 Å². The molecule has 0 aromatic heterocycles. The summed E-state index contributed by atoms with van der Waals surface area (Å²) in [4.78, 5) is 0. The average molecular weight is 204 g/mol. The Hall–Kier alpha value is -2.08. The van der Waals surface area contributed by atoms with Crippen molar-refractivity contribution in [3.8, 4) is 0 Å². The molecule has 0 radical (unpaired) electrons. The molecule has 3 aromatic rings. The summed E-state index contributed by atoms with van der Waals surface area (Å²) in [6.07, 6.45) is 0. The van der Waals surface area contributed by atoms with Gasteiger partial charge in [-0.05, 0) is 32.0 Å². The van der Waals surface area contributed by atoms with Crippen LogP contribution in [0.2, 0.25) is 0 Å². The van der Waals surface area contributed by atoms with Crippen LogP contribution in [0.15, 0.2) is 48.5 Å². The smallest absolute Gasteiger partial charge is 0.00992 e. The monoisotopic (exact) mass is 204 g/mol. The maximum atomic E-state index is 4.14. The lowest BCUT2D eigenvalue weighted by Gasteiger charge is -2.05. The standard InChI is InChI=1S/C16H12/c1-11-12(2)14-8-4-6-10-16(14)15-9-5-3-7-13(11)15/h3-10H,1-2H2. The number of benzene rings is 3. The molecule has 0 saturated carbocycles. The van der Waals surface area contributed by atoms with E-state index in [1.807, 2.05) is 12.1 Å². The van der Waals surface area contributed by atoms with Gasteiger partial charge < -0.3 is 0 Å². The van der Waals surface area contributed by atoms with E-state index in [1.165, 1.54) is 21.5 Å². The Balaban J connectivity index is 2.81. The van der Waals surface area contributed by atoms with Gasteiger partial charge >= 0.3 is 0 Å². The van der Waals surface area contributed by atoms with Gasteiger partial charge in [-0.3, -0.25) is 0 Å². The van der Waals surface area contributed by atoms with E-state index in [-0.39, 0.29) is 0 Å². The average Bonchev–Trinajstić information content (AvgIpc) is 2.36. The van der Waals surface area contributed by atoms with Crippen LogP contribution in [-0.2, 0) is 0 Å². The van der Waals surface area contributed by atoms with Crippen LogP contribution < -0.4 is 10.4 Å². The van der Waals surface area contributed by atoms with Crippen LogP contribution in [0.4, 0.5) is 0 Å². The summed E-state index contributed by atoms with van der Waals surface area (Å²) in [6, 6.07) is 16.7. The summed E-state index contributed by atoms with van der Waals surface area (Å²) in [5.74, 6) is 0. The van der Waals surface area contributed by atoms with Crippen molar-refractivity contribution in [1.29, 1.82) is 0 Å². The molecule has 0 heterocycles. The Bertz CT molecular complexity index is 713. The maximum Gasteiger partial charge on any atom is -0.00992 e. The lowest BCUT2D eigenvalue weighted by molar-refractivity contribution is 1.66. The van der Waals surface area contributed by atoms with Crippen molar-refractivity contribution in [2.45, 2.75) is 0 Å². The van der Waals surface area contributed by atoms with Crippen molar-refractivity contribution in [3.05, 3.63) is 59.0 Å². The zero-order valence-electron chi connectivity index (χ0n) is 9.03. The molecular weight excluding hydrogens is 192 g/mol. The SMILES string of the molecule is C=c1c(=C)c2ccccc2c2ccccc12. The predicted molar refractivity (Wildman–Crippen MR) is 71.7 cm³/mol. The second-order valence-electron chi connectivity index (χ2n) is 4.05. The quantitative estimate of drug-likeness (QED) is 0.494. The molecule has 0 nitrogen and oxygen atoms in total. The summed E-state index contributed by atoms with van der Waals surface area (Å²) >= 11 is 0. The summed E-state index contributed by atoms with van der Waals surface area (Å²) in [6.45, 7) is 8.27. The molecule has 0 saturated heterocycles. The second-order valence-corrected chi connectivity index (χ2v) is 4.05. The van der Waals surface area contributed by atoms with Crippen molar-refractivity contribution in [2.24, 2.45) is 0 Å². The summed E-state index contributed by atoms with van der Waals surface area (Å²) in [7, 11) is 0. The van der Waals surface area contributed by atoms with Crippen LogP contribution in [0.25, 0.3) is 34.7 Å². The Kier molecular flexibility index (Phi) is 1.84. The molecule has 16 heavy (non-hydrogen) atoms. The molecule has 0 fully saturated rings. The Labute approximate surface area is 94.1 Å². The highest BCUT2D eigenvalue weighted by Crippen LogP contribution is 2.19. The Morgan fingerprint density at radius 1 is 0.500 bits per heavy atom. The Morgan fingerprint density at radius 3 is 1.19 bits per heavy atom. The fraction of sp³-hybridized carbons (Fsp3) is 0. The molecular formula is C16H12. The molecule has 3 aromatic carbocycles. The van der Waals surface area contributed by atoms with Gasteiger partial charge in [-0.1, -0.05) is 61.7 Å². The first-order valence-electron chi connectivity index (χ1n) is 5.36. The zero-order chi connectivity index (χ0) is 11.1. The topological polar surface area (TPSA) is 0 Å². The molecule has 0 amide bonds. The van der Waals surface area contributed by atoms with E-state index in [0.717, 1.165) is 10.4 Å². The van der Waals surface area contributed by atoms with Crippen LogP contribution >= 0.6 is 0 Å². The third-order valence-corrected chi connectivity index (χ3v) is 3.16. The summed E-state index contributed by atoms with van der Waals surface area (Å²) in [5, 5.41) is 6.99. The first kappa shape index (κ1) is 9.17. The fourth-order valence-electron chi connectivity index (χ4n) is 2.29. The molecule has 0 heteroatoms. The number of hydrogen-bond acceptors (Lipinski definition) is 0. The van der Waals surface area contributed by atoms with Crippen LogP contribution in [-0.4, -0.2) is 0 Å². The normalized spacial score (nSPS) is 11.0. The number of rotatable bonds is 0. The number of fused-ring (bicyclic) bond motifs is 3. The van der Waals surface area contributed by atoms with Crippen LogP contribution in [0, 0.1) is 0 Å². The van der Waals surface area contributed by atoms with Gasteiger partial charge in [0.1, 0.15) is 0 Å². The molecule has 0 aliphatic carbocycles. The minimum Gasteiger partial charge on any atom is -0.0905 e. The zero-order valence-corrected chi connectivity index (χ0v) is 9.03. The summed E-state index contributed by atoms with van der Waals surface area (Å²) < 4.78 is 0. The van der Waals surface area contributed by atoms with Crippen LogP contribution in [0.1, 0.15) is 0 Å². The van der Waals surface area contributed by atoms with Gasteiger partial charge in [0.05, 0.1) is 0 Å². The highest BCUT2D eigenvalue weighted by molar-refractivity contribution is 6.07. The molecule has 76 valence electrons. The molecule has 0 aliphatic rings. The maximum absolute atomic E-state index is 4.14. The molecule has 0 spiro atoms. The molecule has 0 unspecified atom stereocenters. The van der Waals surface area contributed by atoms with Gasteiger partial charge in [0.15, 0.2) is 0 Å². The van der Waals surface area contributed by atoms with E-state index in [9.17, 15) is 0 Å². The second kappa shape index (κ2) is 3.21. The van der Waals surface area contributed by atoms with Gasteiger partial charge in [-0.2, -0.15) is 0 Å². The van der Waals surface area contributed by atoms with Crippen molar-refractivity contribution >= 4 is 34.7 Å². The van der Waals surface area contributed by atoms with Gasteiger partial charge in [0.25, 0.3) is 0 Å². The molecule has 0 aliphatic heterocycles. The van der Waals surface area contributed by atoms with Gasteiger partial charge in [0.2, 0.25) is 0 Å². The first-order valence-corrected chi connectivity index (χ1v) is 5.36. The largest absolute Gasteiger partial charge is 0.0905 e. The fourth-order valence-corrected chi connectivity index (χ4v) is 2.29. The van der Waals surface area contributed by atoms with Gasteiger partial charge in [0, 0.05) is 0 Å². The van der Waals surface area contributed by atoms with Crippen molar-refractivity contribution in [3.63, 3.8) is 0 Å². The lowest BCUT2D eigenvalue weighted by Crippen LogP contribution is -2.23. The molecule has 0 N–H and O–H groups in total. The van der Waals surface area contributed by atoms with E-state index in [2.05, 4.69) is 49.6 Å². The molecule has 0 bridgehead atoms. The highest BCUT2D eigenvalue weighted by atomic mass is 14.0. The highest BCUT2D eigenvalue weighted by Gasteiger charge is 2.01. The molecule has 0 atom stereocenters. The van der Waals surface area contributed by atoms with Gasteiger partial charge in [-0.15, -0.1) is 0 Å². The van der Waals surface area contributed by atoms with E-state index in [0.29, 0.717) is 0 Å². The molecule has 3 rings (SSSR count). The first-order chi connectivity index (χ1) is 7.79. The number of hydrogen-bond donors (Lipinski definition) is 0. The van der Waals surface area contributed by atoms with E-state index in [1.54, 1.807) is 0 Å². The van der Waals surface area contributed by atoms with Crippen molar-refractivity contribution in [2.75, 3.05) is 0 Å².